The minimum atomic E-state index is -0.654. The van der Waals surface area contributed by atoms with Crippen LogP contribution < -0.4 is 0 Å². The van der Waals surface area contributed by atoms with Crippen molar-refractivity contribution >= 4 is 17.3 Å². The Morgan fingerprint density at radius 3 is 2.53 bits per heavy atom. The monoisotopic (exact) mass is 224 g/mol. The van der Waals surface area contributed by atoms with Crippen LogP contribution in [0.15, 0.2) is 17.5 Å². The predicted octanol–water partition coefficient (Wildman–Crippen LogP) is 1.88. The minimum absolute atomic E-state index is 0.229. The molecular weight excluding hydrogens is 212 g/mol. The first-order valence-corrected chi connectivity index (χ1v) is 5.94. The average Bonchev–Trinajstić information content (AvgIpc) is 2.74. The summed E-state index contributed by atoms with van der Waals surface area (Å²) in [5.41, 5.74) is -0.761. The molecule has 0 unspecified atom stereocenters. The lowest BCUT2D eigenvalue weighted by atomic mass is 9.69. The molecule has 0 atom stereocenters. The van der Waals surface area contributed by atoms with E-state index in [4.69, 9.17) is 4.74 Å². The third kappa shape index (κ3) is 1.01. The van der Waals surface area contributed by atoms with Crippen molar-refractivity contribution in [2.24, 2.45) is 5.41 Å². The van der Waals surface area contributed by atoms with Gasteiger partial charge in [-0.1, -0.05) is 6.07 Å². The normalized spacial score (nSPS) is 25.6. The molecule has 1 aliphatic carbocycles. The Morgan fingerprint density at radius 1 is 1.47 bits per heavy atom. The highest BCUT2D eigenvalue weighted by molar-refractivity contribution is 7.10. The topological polar surface area (TPSA) is 46.5 Å². The Bertz CT molecular complexity index is 388. The Hall–Kier alpha value is -0.870. The van der Waals surface area contributed by atoms with Gasteiger partial charge in [0.25, 0.3) is 0 Å². The summed E-state index contributed by atoms with van der Waals surface area (Å²) < 4.78 is 5.28. The number of rotatable bonds is 3. The highest BCUT2D eigenvalue weighted by Gasteiger charge is 2.68. The Balaban J connectivity index is 2.04. The van der Waals surface area contributed by atoms with E-state index in [-0.39, 0.29) is 5.41 Å². The Morgan fingerprint density at radius 2 is 2.20 bits per heavy atom. The van der Waals surface area contributed by atoms with Crippen LogP contribution in [0.25, 0.3) is 0 Å². The number of carboxylic acid groups (broad SMARTS) is 1. The van der Waals surface area contributed by atoms with Gasteiger partial charge in [0.15, 0.2) is 0 Å². The molecule has 0 amide bonds. The van der Waals surface area contributed by atoms with Crippen LogP contribution in [0.1, 0.15) is 17.7 Å². The van der Waals surface area contributed by atoms with Gasteiger partial charge in [0, 0.05) is 4.88 Å². The third-order valence-corrected chi connectivity index (χ3v) is 4.84. The molecule has 1 saturated heterocycles. The van der Waals surface area contributed by atoms with Crippen LogP contribution in [-0.4, -0.2) is 24.3 Å². The van der Waals surface area contributed by atoms with E-state index in [1.54, 1.807) is 11.3 Å². The zero-order chi connectivity index (χ0) is 10.5. The summed E-state index contributed by atoms with van der Waals surface area (Å²) in [5.74, 6) is -0.654. The number of carbonyl (C=O) groups is 1. The molecule has 15 heavy (non-hydrogen) atoms. The zero-order valence-electron chi connectivity index (χ0n) is 8.23. The second-order valence-electron chi connectivity index (χ2n) is 4.44. The minimum Gasteiger partial charge on any atom is -0.481 e. The van der Waals surface area contributed by atoms with E-state index in [0.717, 1.165) is 12.8 Å². The molecule has 2 fully saturated rings. The molecule has 0 spiro atoms. The van der Waals surface area contributed by atoms with Crippen LogP contribution in [0.3, 0.4) is 0 Å². The standard InChI is InChI=1S/C11H12O3S/c12-9(13)10(3-4-10)11(6-14-7-11)8-2-1-5-15-8/h1-2,5H,3-4,6-7H2,(H,12,13). The second-order valence-corrected chi connectivity index (χ2v) is 5.39. The molecule has 3 nitrogen and oxygen atoms in total. The largest absolute Gasteiger partial charge is 0.481 e. The summed E-state index contributed by atoms with van der Waals surface area (Å²) in [4.78, 5) is 12.5. The van der Waals surface area contributed by atoms with Crippen molar-refractivity contribution in [1.29, 1.82) is 0 Å². The van der Waals surface area contributed by atoms with Gasteiger partial charge in [0.1, 0.15) is 0 Å². The van der Waals surface area contributed by atoms with E-state index in [1.165, 1.54) is 4.88 Å². The van der Waals surface area contributed by atoms with E-state index >= 15 is 0 Å². The van der Waals surface area contributed by atoms with Gasteiger partial charge in [-0.3, -0.25) is 4.79 Å². The highest BCUT2D eigenvalue weighted by Crippen LogP contribution is 2.63. The van der Waals surface area contributed by atoms with Crippen molar-refractivity contribution in [1.82, 2.24) is 0 Å². The molecule has 1 aliphatic heterocycles. The highest BCUT2D eigenvalue weighted by atomic mass is 32.1. The third-order valence-electron chi connectivity index (χ3n) is 3.77. The van der Waals surface area contributed by atoms with Crippen molar-refractivity contribution in [3.63, 3.8) is 0 Å². The van der Waals surface area contributed by atoms with Gasteiger partial charge in [-0.15, -0.1) is 11.3 Å². The van der Waals surface area contributed by atoms with E-state index in [1.807, 2.05) is 17.5 Å². The van der Waals surface area contributed by atoms with Crippen molar-refractivity contribution < 1.29 is 14.6 Å². The van der Waals surface area contributed by atoms with Gasteiger partial charge in [-0.25, -0.2) is 0 Å². The molecule has 1 N–H and O–H groups in total. The van der Waals surface area contributed by atoms with Crippen molar-refractivity contribution in [3.8, 4) is 0 Å². The number of thiophene rings is 1. The molecule has 0 radical (unpaired) electrons. The maximum atomic E-state index is 11.4. The average molecular weight is 224 g/mol. The first-order valence-electron chi connectivity index (χ1n) is 5.06. The fourth-order valence-electron chi connectivity index (χ4n) is 2.53. The van der Waals surface area contributed by atoms with Crippen LogP contribution in [0.5, 0.6) is 0 Å². The quantitative estimate of drug-likeness (QED) is 0.852. The summed E-state index contributed by atoms with van der Waals surface area (Å²) >= 11 is 1.65. The molecule has 3 rings (SSSR count). The predicted molar refractivity (Wildman–Crippen MR) is 56.1 cm³/mol. The van der Waals surface area contributed by atoms with Crippen LogP contribution in [-0.2, 0) is 14.9 Å². The van der Waals surface area contributed by atoms with E-state index in [0.29, 0.717) is 13.2 Å². The molecule has 1 saturated carbocycles. The number of aliphatic carboxylic acids is 1. The zero-order valence-corrected chi connectivity index (χ0v) is 9.05. The van der Waals surface area contributed by atoms with Gasteiger partial charge in [0.05, 0.1) is 24.0 Å². The molecule has 0 bridgehead atoms. The van der Waals surface area contributed by atoms with Gasteiger partial charge in [-0.2, -0.15) is 0 Å². The number of hydrogen-bond donors (Lipinski definition) is 1. The van der Waals surface area contributed by atoms with E-state index < -0.39 is 11.4 Å². The number of hydrogen-bond acceptors (Lipinski definition) is 3. The first kappa shape index (κ1) is 9.36. The summed E-state index contributed by atoms with van der Waals surface area (Å²) in [6.45, 7) is 1.14. The summed E-state index contributed by atoms with van der Waals surface area (Å²) in [6, 6.07) is 4.02. The molecule has 4 heteroatoms. The Kier molecular flexibility index (Phi) is 1.77. The van der Waals surface area contributed by atoms with Gasteiger partial charge in [-0.05, 0) is 24.3 Å². The summed E-state index contributed by atoms with van der Waals surface area (Å²) in [7, 11) is 0. The smallest absolute Gasteiger partial charge is 0.310 e. The molecule has 80 valence electrons. The number of carboxylic acids is 1. The lowest BCUT2D eigenvalue weighted by Crippen LogP contribution is -2.55. The molecule has 0 aromatic carbocycles. The lowest BCUT2D eigenvalue weighted by molar-refractivity contribution is -0.160. The Labute approximate surface area is 91.7 Å². The van der Waals surface area contributed by atoms with Gasteiger partial charge < -0.3 is 9.84 Å². The van der Waals surface area contributed by atoms with Crippen molar-refractivity contribution in [2.75, 3.05) is 13.2 Å². The first-order chi connectivity index (χ1) is 7.21. The van der Waals surface area contributed by atoms with Gasteiger partial charge >= 0.3 is 5.97 Å². The van der Waals surface area contributed by atoms with Crippen LogP contribution in [0, 0.1) is 5.41 Å². The summed E-state index contributed by atoms with van der Waals surface area (Å²) in [5, 5.41) is 11.4. The SMILES string of the molecule is O=C(O)C1(C2(c3cccs3)COC2)CC1. The number of ether oxygens (including phenoxy) is 1. The molecule has 1 aromatic heterocycles. The lowest BCUT2D eigenvalue weighted by Gasteiger charge is -2.45. The molecule has 1 aromatic rings. The fraction of sp³-hybridized carbons (Fsp3) is 0.545. The van der Waals surface area contributed by atoms with E-state index in [2.05, 4.69) is 0 Å². The maximum absolute atomic E-state index is 11.4. The summed E-state index contributed by atoms with van der Waals surface area (Å²) in [6.07, 6.45) is 1.59. The van der Waals surface area contributed by atoms with Crippen LogP contribution in [0.2, 0.25) is 0 Å². The molecular formula is C11H12O3S. The van der Waals surface area contributed by atoms with Crippen LogP contribution >= 0.6 is 11.3 Å². The fourth-order valence-corrected chi connectivity index (χ4v) is 3.53. The van der Waals surface area contributed by atoms with Gasteiger partial charge in [0.2, 0.25) is 0 Å². The van der Waals surface area contributed by atoms with Crippen molar-refractivity contribution in [2.45, 2.75) is 18.3 Å². The molecule has 2 heterocycles. The van der Waals surface area contributed by atoms with Crippen molar-refractivity contribution in [3.05, 3.63) is 22.4 Å². The molecule has 2 aliphatic rings. The van der Waals surface area contributed by atoms with Crippen LogP contribution in [0.4, 0.5) is 0 Å². The second kappa shape index (κ2) is 2.83. The maximum Gasteiger partial charge on any atom is 0.310 e. The van der Waals surface area contributed by atoms with E-state index in [9.17, 15) is 9.90 Å².